The monoisotopic (exact) mass is 212 g/mol. The second kappa shape index (κ2) is 3.81. The zero-order valence-electron chi connectivity index (χ0n) is 8.58. The molecule has 1 atom stereocenters. The van der Waals surface area contributed by atoms with Crippen LogP contribution in [0.1, 0.15) is 19.3 Å². The molecule has 0 aromatic carbocycles. The summed E-state index contributed by atoms with van der Waals surface area (Å²) in [5, 5.41) is 14.5. The minimum absolute atomic E-state index is 0.0570. The van der Waals surface area contributed by atoms with E-state index < -0.39 is 0 Å². The Kier molecular flexibility index (Phi) is 2.65. The summed E-state index contributed by atoms with van der Waals surface area (Å²) in [6.45, 7) is 1.11. The van der Waals surface area contributed by atoms with Gasteiger partial charge in [-0.3, -0.25) is 9.59 Å². The first kappa shape index (κ1) is 10.4. The summed E-state index contributed by atoms with van der Waals surface area (Å²) < 4.78 is 0. The topological polar surface area (TPSA) is 78.4 Å². The predicted molar refractivity (Wildman–Crippen MR) is 52.9 cm³/mol. The third-order valence-electron chi connectivity index (χ3n) is 3.28. The molecular weight excluding hydrogens is 196 g/mol. The Bertz CT molecular complexity index is 286. The van der Waals surface area contributed by atoms with Gasteiger partial charge in [0.1, 0.15) is 0 Å². The van der Waals surface area contributed by atoms with Gasteiger partial charge in [0.15, 0.2) is 0 Å². The number of aliphatic hydroxyl groups is 1. The summed E-state index contributed by atoms with van der Waals surface area (Å²) in [6, 6.07) is 0. The van der Waals surface area contributed by atoms with Crippen molar-refractivity contribution < 1.29 is 14.7 Å². The van der Waals surface area contributed by atoms with Crippen LogP contribution in [0.3, 0.4) is 0 Å². The van der Waals surface area contributed by atoms with Gasteiger partial charge < -0.3 is 15.7 Å². The normalized spacial score (nSPS) is 27.3. The Morgan fingerprint density at radius 1 is 1.60 bits per heavy atom. The lowest BCUT2D eigenvalue weighted by atomic mass is 10.1. The highest BCUT2D eigenvalue weighted by molar-refractivity contribution is 5.89. The van der Waals surface area contributed by atoms with E-state index in [-0.39, 0.29) is 36.2 Å². The summed E-state index contributed by atoms with van der Waals surface area (Å²) in [5.41, 5.74) is -0.0638. The molecule has 2 amide bonds. The van der Waals surface area contributed by atoms with Crippen LogP contribution in [0.15, 0.2) is 0 Å². The van der Waals surface area contributed by atoms with Crippen LogP contribution in [0.5, 0.6) is 0 Å². The fourth-order valence-electron chi connectivity index (χ4n) is 1.78. The van der Waals surface area contributed by atoms with Crippen molar-refractivity contribution in [1.29, 1.82) is 0 Å². The highest BCUT2D eigenvalue weighted by Gasteiger charge is 2.42. The Labute approximate surface area is 88.2 Å². The van der Waals surface area contributed by atoms with E-state index in [0.717, 1.165) is 12.8 Å². The Morgan fingerprint density at radius 2 is 2.33 bits per heavy atom. The lowest BCUT2D eigenvalue weighted by Crippen LogP contribution is -2.36. The standard InChI is InChI=1S/C10H16N2O3/c13-6-10(1-2-10)5-12-9(15)7-3-8(14)11-4-7/h7,13H,1-6H2,(H,11,14)(H,12,15). The number of hydrogen-bond acceptors (Lipinski definition) is 3. The van der Waals surface area contributed by atoms with Crippen molar-refractivity contribution in [3.05, 3.63) is 0 Å². The molecule has 1 saturated carbocycles. The molecule has 2 fully saturated rings. The van der Waals surface area contributed by atoms with Gasteiger partial charge in [0.2, 0.25) is 11.8 Å². The molecule has 0 bridgehead atoms. The summed E-state index contributed by atoms with van der Waals surface area (Å²) in [5.74, 6) is -0.362. The third-order valence-corrected chi connectivity index (χ3v) is 3.28. The Hall–Kier alpha value is -1.10. The molecule has 5 nitrogen and oxygen atoms in total. The van der Waals surface area contributed by atoms with Gasteiger partial charge in [0, 0.05) is 24.9 Å². The fourth-order valence-corrected chi connectivity index (χ4v) is 1.78. The van der Waals surface area contributed by atoms with Crippen LogP contribution in [0.2, 0.25) is 0 Å². The quantitative estimate of drug-likeness (QED) is 0.560. The molecule has 2 aliphatic rings. The number of amides is 2. The highest BCUT2D eigenvalue weighted by atomic mass is 16.3. The molecule has 3 N–H and O–H groups in total. The van der Waals surface area contributed by atoms with Crippen molar-refractivity contribution in [1.82, 2.24) is 10.6 Å². The highest BCUT2D eigenvalue weighted by Crippen LogP contribution is 2.44. The summed E-state index contributed by atoms with van der Waals surface area (Å²) in [7, 11) is 0. The molecule has 0 aromatic rings. The van der Waals surface area contributed by atoms with Gasteiger partial charge in [0.05, 0.1) is 12.5 Å². The van der Waals surface area contributed by atoms with Gasteiger partial charge in [-0.2, -0.15) is 0 Å². The maximum atomic E-state index is 11.6. The minimum atomic E-state index is -0.230. The third kappa shape index (κ3) is 2.28. The zero-order chi connectivity index (χ0) is 10.9. The molecule has 15 heavy (non-hydrogen) atoms. The van der Waals surface area contributed by atoms with Crippen LogP contribution < -0.4 is 10.6 Å². The van der Waals surface area contributed by atoms with Gasteiger partial charge in [-0.15, -0.1) is 0 Å². The molecule has 1 aliphatic heterocycles. The van der Waals surface area contributed by atoms with Crippen molar-refractivity contribution in [3.8, 4) is 0 Å². The Balaban J connectivity index is 1.75. The first-order chi connectivity index (χ1) is 7.15. The fraction of sp³-hybridized carbons (Fsp3) is 0.800. The van der Waals surface area contributed by atoms with Gasteiger partial charge in [0.25, 0.3) is 0 Å². The van der Waals surface area contributed by atoms with E-state index in [4.69, 9.17) is 5.11 Å². The Morgan fingerprint density at radius 3 is 2.80 bits per heavy atom. The van der Waals surface area contributed by atoms with Crippen molar-refractivity contribution >= 4 is 11.8 Å². The molecule has 1 unspecified atom stereocenters. The summed E-state index contributed by atoms with van der Waals surface area (Å²) >= 11 is 0. The van der Waals surface area contributed by atoms with E-state index in [1.54, 1.807) is 0 Å². The van der Waals surface area contributed by atoms with Crippen LogP contribution in [-0.2, 0) is 9.59 Å². The molecule has 1 saturated heterocycles. The molecule has 0 spiro atoms. The van der Waals surface area contributed by atoms with Crippen molar-refractivity contribution in [3.63, 3.8) is 0 Å². The average Bonchev–Trinajstić information content (AvgIpc) is 2.90. The van der Waals surface area contributed by atoms with Gasteiger partial charge in [-0.25, -0.2) is 0 Å². The largest absolute Gasteiger partial charge is 0.396 e. The molecule has 1 heterocycles. The second-order valence-electron chi connectivity index (χ2n) is 4.58. The average molecular weight is 212 g/mol. The molecule has 0 aromatic heterocycles. The van der Waals surface area contributed by atoms with Gasteiger partial charge >= 0.3 is 0 Å². The maximum Gasteiger partial charge on any atom is 0.225 e. The van der Waals surface area contributed by atoms with E-state index in [2.05, 4.69) is 10.6 Å². The van der Waals surface area contributed by atoms with Gasteiger partial charge in [-0.05, 0) is 12.8 Å². The van der Waals surface area contributed by atoms with E-state index in [9.17, 15) is 9.59 Å². The van der Waals surface area contributed by atoms with Crippen LogP contribution in [-0.4, -0.2) is 36.6 Å². The van der Waals surface area contributed by atoms with Crippen LogP contribution in [0, 0.1) is 11.3 Å². The summed E-state index contributed by atoms with van der Waals surface area (Å²) in [6.07, 6.45) is 2.25. The molecule has 2 rings (SSSR count). The first-order valence-electron chi connectivity index (χ1n) is 5.30. The molecule has 0 radical (unpaired) electrons. The van der Waals surface area contributed by atoms with Crippen LogP contribution >= 0.6 is 0 Å². The molecule has 5 heteroatoms. The van der Waals surface area contributed by atoms with E-state index in [0.29, 0.717) is 13.1 Å². The van der Waals surface area contributed by atoms with Crippen molar-refractivity contribution in [2.24, 2.45) is 11.3 Å². The van der Waals surface area contributed by atoms with Crippen molar-refractivity contribution in [2.45, 2.75) is 19.3 Å². The van der Waals surface area contributed by atoms with E-state index >= 15 is 0 Å². The number of nitrogens with one attached hydrogen (secondary N) is 2. The minimum Gasteiger partial charge on any atom is -0.396 e. The summed E-state index contributed by atoms with van der Waals surface area (Å²) in [4.78, 5) is 22.5. The van der Waals surface area contributed by atoms with Crippen LogP contribution in [0.25, 0.3) is 0 Å². The number of rotatable bonds is 4. The number of carbonyl (C=O) groups is 2. The van der Waals surface area contributed by atoms with Crippen molar-refractivity contribution in [2.75, 3.05) is 19.7 Å². The van der Waals surface area contributed by atoms with Gasteiger partial charge in [-0.1, -0.05) is 0 Å². The lowest BCUT2D eigenvalue weighted by Gasteiger charge is -2.14. The second-order valence-corrected chi connectivity index (χ2v) is 4.58. The van der Waals surface area contributed by atoms with E-state index in [1.807, 2.05) is 0 Å². The number of carbonyl (C=O) groups excluding carboxylic acids is 2. The number of aliphatic hydroxyl groups excluding tert-OH is 1. The molecule has 84 valence electrons. The molecular formula is C10H16N2O3. The SMILES string of the molecule is O=C1CC(C(=O)NCC2(CO)CC2)CN1. The maximum absolute atomic E-state index is 11.6. The zero-order valence-corrected chi connectivity index (χ0v) is 8.58. The predicted octanol–water partition coefficient (Wildman–Crippen LogP) is -0.989. The van der Waals surface area contributed by atoms with Crippen LogP contribution in [0.4, 0.5) is 0 Å². The lowest BCUT2D eigenvalue weighted by molar-refractivity contribution is -0.126. The molecule has 1 aliphatic carbocycles. The van der Waals surface area contributed by atoms with E-state index in [1.165, 1.54) is 0 Å². The first-order valence-corrected chi connectivity index (χ1v) is 5.30. The number of hydrogen-bond donors (Lipinski definition) is 3. The smallest absolute Gasteiger partial charge is 0.225 e.